The Morgan fingerprint density at radius 3 is 2.52 bits per heavy atom. The smallest absolute Gasteiger partial charge is 0.372 e. The van der Waals surface area contributed by atoms with Gasteiger partial charge in [-0.1, -0.05) is 6.07 Å². The van der Waals surface area contributed by atoms with E-state index in [0.29, 0.717) is 24.3 Å². The minimum absolute atomic E-state index is 0.0767. The number of amides is 1. The number of nitrogens with one attached hydrogen (secondary N) is 1. The topological polar surface area (TPSA) is 53.9 Å². The maximum absolute atomic E-state index is 13.8. The quantitative estimate of drug-likeness (QED) is 0.551. The third kappa shape index (κ3) is 4.41. The van der Waals surface area contributed by atoms with E-state index in [-0.39, 0.29) is 23.6 Å². The highest BCUT2D eigenvalue weighted by atomic mass is 19.4. The van der Waals surface area contributed by atoms with E-state index in [1.807, 2.05) is 13.8 Å². The molecule has 2 aromatic carbocycles. The summed E-state index contributed by atoms with van der Waals surface area (Å²) in [6.07, 6.45) is -3.66. The molecule has 0 aromatic heterocycles. The SMILES string of the molecule is CC1CN(c2ccc(N=CC3C(=O)Nc4cc(F)ccc43)cc2C(F)(F)F)CC(C)O1. The Morgan fingerprint density at radius 2 is 1.84 bits per heavy atom. The molecule has 9 heteroatoms. The van der Waals surface area contributed by atoms with E-state index in [0.717, 1.165) is 6.07 Å². The number of fused-ring (bicyclic) bond motifs is 1. The lowest BCUT2D eigenvalue weighted by Gasteiger charge is -2.38. The lowest BCUT2D eigenvalue weighted by molar-refractivity contribution is -0.137. The number of carbonyl (C=O) groups is 1. The van der Waals surface area contributed by atoms with Gasteiger partial charge in [0.1, 0.15) is 11.7 Å². The number of ether oxygens (including phenoxy) is 1. The first-order valence-electron chi connectivity index (χ1n) is 9.88. The van der Waals surface area contributed by atoms with Crippen LogP contribution in [0, 0.1) is 5.82 Å². The average molecular weight is 435 g/mol. The summed E-state index contributed by atoms with van der Waals surface area (Å²) in [5, 5.41) is 2.55. The molecule has 3 unspecified atom stereocenters. The summed E-state index contributed by atoms with van der Waals surface area (Å²) in [5.41, 5.74) is 0.228. The number of rotatable bonds is 3. The molecule has 2 aliphatic rings. The summed E-state index contributed by atoms with van der Waals surface area (Å²) in [6.45, 7) is 4.35. The van der Waals surface area contributed by atoms with Crippen LogP contribution in [0.15, 0.2) is 41.4 Å². The van der Waals surface area contributed by atoms with Crippen LogP contribution in [0.2, 0.25) is 0 Å². The molecular weight excluding hydrogens is 414 g/mol. The summed E-state index contributed by atoms with van der Waals surface area (Å²) >= 11 is 0. The van der Waals surface area contributed by atoms with Gasteiger partial charge in [0.15, 0.2) is 0 Å². The Bertz CT molecular complexity index is 1030. The molecule has 4 rings (SSSR count). The molecule has 0 saturated carbocycles. The number of carbonyl (C=O) groups excluding carboxylic acids is 1. The Labute approximate surface area is 176 Å². The molecule has 164 valence electrons. The molecule has 2 aliphatic heterocycles. The van der Waals surface area contributed by atoms with Gasteiger partial charge in [-0.15, -0.1) is 0 Å². The van der Waals surface area contributed by atoms with Crippen LogP contribution in [0.3, 0.4) is 0 Å². The van der Waals surface area contributed by atoms with Gasteiger partial charge in [0.25, 0.3) is 0 Å². The van der Waals surface area contributed by atoms with Crippen molar-refractivity contribution >= 4 is 29.2 Å². The second-order valence-electron chi connectivity index (χ2n) is 7.84. The Morgan fingerprint density at radius 1 is 1.13 bits per heavy atom. The first-order chi connectivity index (χ1) is 14.6. The number of nitrogens with zero attached hydrogens (tertiary/aromatic N) is 2. The van der Waals surface area contributed by atoms with Crippen LogP contribution in [0.1, 0.15) is 30.9 Å². The van der Waals surface area contributed by atoms with Crippen LogP contribution in [-0.2, 0) is 15.7 Å². The fourth-order valence-corrected chi connectivity index (χ4v) is 4.05. The highest BCUT2D eigenvalue weighted by Crippen LogP contribution is 2.40. The molecule has 1 N–H and O–H groups in total. The highest BCUT2D eigenvalue weighted by Gasteiger charge is 2.37. The Hall–Kier alpha value is -2.94. The maximum Gasteiger partial charge on any atom is 0.418 e. The van der Waals surface area contributed by atoms with Gasteiger partial charge < -0.3 is 15.0 Å². The molecule has 2 heterocycles. The van der Waals surface area contributed by atoms with Crippen molar-refractivity contribution < 1.29 is 27.1 Å². The second-order valence-corrected chi connectivity index (χ2v) is 7.84. The first-order valence-corrected chi connectivity index (χ1v) is 9.88. The normalized spacial score (nSPS) is 23.9. The van der Waals surface area contributed by atoms with Crippen LogP contribution in [0.4, 0.5) is 34.6 Å². The average Bonchev–Trinajstić information content (AvgIpc) is 2.98. The summed E-state index contributed by atoms with van der Waals surface area (Å²) in [6, 6.07) is 7.75. The van der Waals surface area contributed by atoms with E-state index in [2.05, 4.69) is 10.3 Å². The van der Waals surface area contributed by atoms with Crippen LogP contribution in [0.25, 0.3) is 0 Å². The lowest BCUT2D eigenvalue weighted by Crippen LogP contribution is -2.46. The monoisotopic (exact) mass is 435 g/mol. The second kappa shape index (κ2) is 7.96. The van der Waals surface area contributed by atoms with Gasteiger partial charge in [0.2, 0.25) is 5.91 Å². The van der Waals surface area contributed by atoms with Crippen LogP contribution in [0.5, 0.6) is 0 Å². The molecule has 0 spiro atoms. The van der Waals surface area contributed by atoms with Crippen molar-refractivity contribution in [3.05, 3.63) is 53.3 Å². The van der Waals surface area contributed by atoms with Crippen LogP contribution >= 0.6 is 0 Å². The molecule has 1 amide bonds. The summed E-state index contributed by atoms with van der Waals surface area (Å²) in [5.74, 6) is -1.70. The number of morpholine rings is 1. The number of aliphatic imine (C=N–C) groups is 1. The fourth-order valence-electron chi connectivity index (χ4n) is 4.05. The lowest BCUT2D eigenvalue weighted by atomic mass is 10.0. The van der Waals surface area contributed by atoms with Crippen molar-refractivity contribution in [2.24, 2.45) is 4.99 Å². The Balaban J connectivity index is 1.64. The van der Waals surface area contributed by atoms with E-state index in [1.165, 1.54) is 36.5 Å². The fraction of sp³-hybridized carbons (Fsp3) is 0.364. The molecule has 0 bridgehead atoms. The van der Waals surface area contributed by atoms with E-state index in [4.69, 9.17) is 4.74 Å². The third-order valence-electron chi connectivity index (χ3n) is 5.31. The molecule has 1 fully saturated rings. The van der Waals surface area contributed by atoms with Crippen molar-refractivity contribution in [3.63, 3.8) is 0 Å². The van der Waals surface area contributed by atoms with Crippen molar-refractivity contribution in [3.8, 4) is 0 Å². The summed E-state index contributed by atoms with van der Waals surface area (Å²) in [4.78, 5) is 18.0. The maximum atomic E-state index is 13.8. The molecule has 31 heavy (non-hydrogen) atoms. The van der Waals surface area contributed by atoms with Crippen molar-refractivity contribution in [2.75, 3.05) is 23.3 Å². The van der Waals surface area contributed by atoms with Gasteiger partial charge in [-0.2, -0.15) is 13.2 Å². The number of benzene rings is 2. The number of alkyl halides is 3. The largest absolute Gasteiger partial charge is 0.418 e. The van der Waals surface area contributed by atoms with Gasteiger partial charge in [-0.3, -0.25) is 9.79 Å². The van der Waals surface area contributed by atoms with E-state index < -0.39 is 29.4 Å². The van der Waals surface area contributed by atoms with Gasteiger partial charge in [-0.05, 0) is 49.7 Å². The molecule has 0 radical (unpaired) electrons. The summed E-state index contributed by atoms with van der Waals surface area (Å²) in [7, 11) is 0. The zero-order valence-corrected chi connectivity index (χ0v) is 16.9. The van der Waals surface area contributed by atoms with E-state index >= 15 is 0 Å². The van der Waals surface area contributed by atoms with Crippen molar-refractivity contribution in [1.29, 1.82) is 0 Å². The van der Waals surface area contributed by atoms with E-state index in [1.54, 1.807) is 4.90 Å². The Kier molecular flexibility index (Phi) is 5.47. The van der Waals surface area contributed by atoms with Crippen LogP contribution in [-0.4, -0.2) is 37.4 Å². The van der Waals surface area contributed by atoms with Gasteiger partial charge >= 0.3 is 6.18 Å². The standard InChI is InChI=1S/C22H21F4N3O2/c1-12-10-29(11-13(2)31-12)20-6-4-15(8-18(20)22(24,25)26)27-9-17-16-5-3-14(23)7-19(16)28-21(17)30/h3-9,12-13,17H,10-11H2,1-2H3,(H,28,30). The highest BCUT2D eigenvalue weighted by molar-refractivity contribution is 6.12. The van der Waals surface area contributed by atoms with Gasteiger partial charge in [0.05, 0.1) is 23.5 Å². The minimum Gasteiger partial charge on any atom is -0.372 e. The molecule has 5 nitrogen and oxygen atoms in total. The van der Waals surface area contributed by atoms with Crippen molar-refractivity contribution in [1.82, 2.24) is 0 Å². The number of halogens is 4. The van der Waals surface area contributed by atoms with Gasteiger partial charge in [-0.25, -0.2) is 4.39 Å². The predicted molar refractivity (Wildman–Crippen MR) is 110 cm³/mol. The predicted octanol–water partition coefficient (Wildman–Crippen LogP) is 4.90. The van der Waals surface area contributed by atoms with Gasteiger partial charge in [0, 0.05) is 30.7 Å². The van der Waals surface area contributed by atoms with Crippen LogP contribution < -0.4 is 10.2 Å². The molecule has 2 aromatic rings. The molecular formula is C22H21F4N3O2. The number of hydrogen-bond donors (Lipinski definition) is 1. The molecule has 1 saturated heterocycles. The minimum atomic E-state index is -4.57. The molecule has 3 atom stereocenters. The zero-order chi connectivity index (χ0) is 22.3. The summed E-state index contributed by atoms with van der Waals surface area (Å²) < 4.78 is 60.4. The third-order valence-corrected chi connectivity index (χ3v) is 5.31. The van der Waals surface area contributed by atoms with E-state index in [9.17, 15) is 22.4 Å². The zero-order valence-electron chi connectivity index (χ0n) is 16.9. The van der Waals surface area contributed by atoms with Crippen molar-refractivity contribution in [2.45, 2.75) is 38.1 Å². The number of hydrogen-bond acceptors (Lipinski definition) is 4. The first kappa shape index (κ1) is 21.3. The molecule has 0 aliphatic carbocycles. The number of anilines is 2.